The Morgan fingerprint density at radius 1 is 1.00 bits per heavy atom. The molecule has 7 nitrogen and oxygen atoms in total. The van der Waals surface area contributed by atoms with E-state index in [1.54, 1.807) is 0 Å². The largest absolute Gasteiger partial charge is 0.494 e. The average Bonchev–Trinajstić information content (AvgIpc) is 2.81. The lowest BCUT2D eigenvalue weighted by Crippen LogP contribution is -2.44. The Balaban J connectivity index is 1.31. The lowest BCUT2D eigenvalue weighted by atomic mass is 10.0. The van der Waals surface area contributed by atoms with Crippen LogP contribution in [0.15, 0.2) is 42.5 Å². The molecule has 0 radical (unpaired) electrons. The fraction of sp³-hybridized carbons (Fsp3) is 0.480. The molecule has 1 fully saturated rings. The molecule has 2 aromatic rings. The molecule has 33 heavy (non-hydrogen) atoms. The van der Waals surface area contributed by atoms with E-state index in [0.717, 1.165) is 42.9 Å². The van der Waals surface area contributed by atoms with Crippen LogP contribution in [-0.4, -0.2) is 38.3 Å². The van der Waals surface area contributed by atoms with E-state index in [9.17, 15) is 4.79 Å². The standard InChI is InChI=1S/C25H34ClN3O4/c1-18(2)27-13-3-14-31-20-6-8-21(9-7-20)32-15-4-16-33-24-11-5-19(17-22(24)26)23-10-12-25(30)29-28-23/h5-9,11,17-18,23,27-28H,3-4,10,12-16H2,1-2H3,(H,29,30). The Bertz CT molecular complexity index is 866. The number of amides is 1. The van der Waals surface area contributed by atoms with Crippen LogP contribution >= 0.6 is 11.6 Å². The van der Waals surface area contributed by atoms with Gasteiger partial charge < -0.3 is 19.5 Å². The number of carbonyl (C=O) groups excluding carboxylic acids is 1. The van der Waals surface area contributed by atoms with Crippen molar-refractivity contribution in [2.24, 2.45) is 0 Å². The fourth-order valence-electron chi connectivity index (χ4n) is 3.39. The van der Waals surface area contributed by atoms with Gasteiger partial charge in [0.05, 0.1) is 30.9 Å². The van der Waals surface area contributed by atoms with Crippen molar-refractivity contribution in [2.75, 3.05) is 26.4 Å². The summed E-state index contributed by atoms with van der Waals surface area (Å²) in [4.78, 5) is 11.3. The monoisotopic (exact) mass is 475 g/mol. The summed E-state index contributed by atoms with van der Waals surface area (Å²) in [6.07, 6.45) is 2.94. The van der Waals surface area contributed by atoms with Crippen molar-refractivity contribution in [1.29, 1.82) is 0 Å². The highest BCUT2D eigenvalue weighted by molar-refractivity contribution is 6.32. The minimum Gasteiger partial charge on any atom is -0.494 e. The second-order valence-electron chi connectivity index (χ2n) is 8.31. The van der Waals surface area contributed by atoms with Crippen LogP contribution in [0.5, 0.6) is 17.2 Å². The number of rotatable bonds is 13. The Labute approximate surface area is 201 Å². The van der Waals surface area contributed by atoms with Crippen molar-refractivity contribution in [3.63, 3.8) is 0 Å². The Morgan fingerprint density at radius 2 is 1.67 bits per heavy atom. The van der Waals surface area contributed by atoms with E-state index in [2.05, 4.69) is 30.0 Å². The molecule has 0 bridgehead atoms. The zero-order valence-corrected chi connectivity index (χ0v) is 20.1. The minimum absolute atomic E-state index is 0.00841. The van der Waals surface area contributed by atoms with Gasteiger partial charge in [-0.05, 0) is 61.3 Å². The molecule has 1 aliphatic rings. The summed E-state index contributed by atoms with van der Waals surface area (Å²) in [5, 5.41) is 3.93. The van der Waals surface area contributed by atoms with Crippen LogP contribution in [-0.2, 0) is 4.79 Å². The normalized spacial score (nSPS) is 15.9. The molecule has 0 aliphatic carbocycles. The second kappa shape index (κ2) is 13.3. The summed E-state index contributed by atoms with van der Waals surface area (Å²) in [5.41, 5.74) is 6.69. The predicted octanol–water partition coefficient (Wildman–Crippen LogP) is 4.41. The van der Waals surface area contributed by atoms with E-state index >= 15 is 0 Å². The van der Waals surface area contributed by atoms with Crippen molar-refractivity contribution >= 4 is 17.5 Å². The van der Waals surface area contributed by atoms with Crippen molar-refractivity contribution < 1.29 is 19.0 Å². The smallest absolute Gasteiger partial charge is 0.234 e. The minimum atomic E-state index is 0.00841. The molecule has 8 heteroatoms. The highest BCUT2D eigenvalue weighted by Gasteiger charge is 2.19. The van der Waals surface area contributed by atoms with E-state index in [4.69, 9.17) is 25.8 Å². The van der Waals surface area contributed by atoms with Crippen LogP contribution in [0.3, 0.4) is 0 Å². The zero-order valence-electron chi connectivity index (χ0n) is 19.4. The van der Waals surface area contributed by atoms with Gasteiger partial charge in [-0.3, -0.25) is 10.2 Å². The van der Waals surface area contributed by atoms with Gasteiger partial charge in [-0.25, -0.2) is 5.43 Å². The van der Waals surface area contributed by atoms with Crippen LogP contribution < -0.4 is 30.4 Å². The summed E-state index contributed by atoms with van der Waals surface area (Å²) in [6.45, 7) is 6.96. The van der Waals surface area contributed by atoms with E-state index in [1.165, 1.54) is 0 Å². The fourth-order valence-corrected chi connectivity index (χ4v) is 3.64. The summed E-state index contributed by atoms with van der Waals surface area (Å²) in [5.74, 6) is 2.30. The number of hydrogen-bond donors (Lipinski definition) is 3. The number of benzene rings is 2. The Hall–Kier alpha value is -2.48. The van der Waals surface area contributed by atoms with Crippen molar-refractivity contribution in [3.8, 4) is 17.2 Å². The van der Waals surface area contributed by atoms with Crippen LogP contribution in [0.25, 0.3) is 0 Å². The maximum atomic E-state index is 11.3. The third-order valence-electron chi connectivity index (χ3n) is 5.19. The van der Waals surface area contributed by atoms with Crippen LogP contribution in [0.1, 0.15) is 51.1 Å². The van der Waals surface area contributed by atoms with Gasteiger partial charge >= 0.3 is 0 Å². The van der Waals surface area contributed by atoms with Crippen LogP contribution in [0.2, 0.25) is 5.02 Å². The van der Waals surface area contributed by atoms with Crippen molar-refractivity contribution in [1.82, 2.24) is 16.2 Å². The Morgan fingerprint density at radius 3 is 2.27 bits per heavy atom. The molecule has 180 valence electrons. The quantitative estimate of drug-likeness (QED) is 0.372. The number of nitrogens with one attached hydrogen (secondary N) is 3. The average molecular weight is 476 g/mol. The number of hydrogen-bond acceptors (Lipinski definition) is 6. The van der Waals surface area contributed by atoms with Crippen LogP contribution in [0.4, 0.5) is 0 Å². The van der Waals surface area contributed by atoms with Gasteiger partial charge in [0.1, 0.15) is 17.2 Å². The molecule has 1 unspecified atom stereocenters. The van der Waals surface area contributed by atoms with E-state index in [-0.39, 0.29) is 11.9 Å². The lowest BCUT2D eigenvalue weighted by Gasteiger charge is -2.24. The first-order chi connectivity index (χ1) is 16.0. The van der Waals surface area contributed by atoms with Gasteiger partial charge in [-0.15, -0.1) is 0 Å². The van der Waals surface area contributed by atoms with Crippen LogP contribution in [0, 0.1) is 0 Å². The number of ether oxygens (including phenoxy) is 3. The molecule has 0 saturated carbocycles. The summed E-state index contributed by atoms with van der Waals surface area (Å²) >= 11 is 6.38. The first-order valence-corrected chi connectivity index (χ1v) is 11.9. The van der Waals surface area contributed by atoms with Gasteiger partial charge in [-0.1, -0.05) is 31.5 Å². The summed E-state index contributed by atoms with van der Waals surface area (Å²) in [7, 11) is 0. The molecule has 0 spiro atoms. The maximum Gasteiger partial charge on any atom is 0.234 e. The predicted molar refractivity (Wildman–Crippen MR) is 130 cm³/mol. The molecule has 1 heterocycles. The molecule has 3 rings (SSSR count). The first kappa shape index (κ1) is 25.1. The molecule has 0 aromatic heterocycles. The van der Waals surface area contributed by atoms with Gasteiger partial charge in [0, 0.05) is 18.9 Å². The molecule has 3 N–H and O–H groups in total. The van der Waals surface area contributed by atoms with Gasteiger partial charge in [0.25, 0.3) is 0 Å². The Kier molecular flexibility index (Phi) is 10.1. The third kappa shape index (κ3) is 8.76. The number of hydrazine groups is 1. The van der Waals surface area contributed by atoms with E-state index in [0.29, 0.717) is 43.1 Å². The number of carbonyl (C=O) groups is 1. The summed E-state index contributed by atoms with van der Waals surface area (Å²) in [6, 6.07) is 14.0. The summed E-state index contributed by atoms with van der Waals surface area (Å²) < 4.78 is 17.3. The highest BCUT2D eigenvalue weighted by atomic mass is 35.5. The second-order valence-corrected chi connectivity index (χ2v) is 8.71. The molecule has 1 amide bonds. The first-order valence-electron chi connectivity index (χ1n) is 11.6. The molecule has 1 aliphatic heterocycles. The molecule has 1 saturated heterocycles. The van der Waals surface area contributed by atoms with Gasteiger partial charge in [-0.2, -0.15) is 0 Å². The maximum absolute atomic E-state index is 11.3. The SMILES string of the molecule is CC(C)NCCCOc1ccc(OCCCOc2ccc(C3CCC(=O)NN3)cc2Cl)cc1. The van der Waals surface area contributed by atoms with E-state index in [1.807, 2.05) is 42.5 Å². The molecular weight excluding hydrogens is 442 g/mol. The van der Waals surface area contributed by atoms with E-state index < -0.39 is 0 Å². The van der Waals surface area contributed by atoms with Crippen molar-refractivity contribution in [2.45, 2.75) is 51.6 Å². The third-order valence-corrected chi connectivity index (χ3v) is 5.48. The molecule has 2 aromatic carbocycles. The van der Waals surface area contributed by atoms with Gasteiger partial charge in [0.15, 0.2) is 0 Å². The highest BCUT2D eigenvalue weighted by Crippen LogP contribution is 2.30. The zero-order chi connectivity index (χ0) is 23.5. The number of halogens is 1. The topological polar surface area (TPSA) is 80.8 Å². The lowest BCUT2D eigenvalue weighted by molar-refractivity contribution is -0.124. The van der Waals surface area contributed by atoms with Gasteiger partial charge in [0.2, 0.25) is 5.91 Å². The molecule has 1 atom stereocenters. The van der Waals surface area contributed by atoms with Crippen molar-refractivity contribution in [3.05, 3.63) is 53.1 Å². The molecular formula is C25H34ClN3O4.